The van der Waals surface area contributed by atoms with Gasteiger partial charge in [0.2, 0.25) is 0 Å². The molecule has 6 aromatic rings. The molecule has 0 aliphatic heterocycles. The van der Waals surface area contributed by atoms with Crippen LogP contribution in [0, 0.1) is 34.0 Å². The van der Waals surface area contributed by atoms with E-state index in [4.69, 9.17) is 4.98 Å². The van der Waals surface area contributed by atoms with Gasteiger partial charge in [-0.2, -0.15) is 15.8 Å². The summed E-state index contributed by atoms with van der Waals surface area (Å²) in [5.41, 5.74) is 4.84. The first kappa shape index (κ1) is 21.7. The van der Waals surface area contributed by atoms with Gasteiger partial charge in [-0.3, -0.25) is 14.2 Å². The van der Waals surface area contributed by atoms with E-state index in [9.17, 15) is 20.6 Å². The predicted molar refractivity (Wildman–Crippen MR) is 140 cm³/mol. The Hall–Kier alpha value is -5.84. The van der Waals surface area contributed by atoms with Crippen LogP contribution in [0.25, 0.3) is 55.3 Å². The van der Waals surface area contributed by atoms with Crippen LogP contribution in [-0.2, 0) is 0 Å². The van der Waals surface area contributed by atoms with Crippen molar-refractivity contribution in [3.05, 3.63) is 106 Å². The fourth-order valence-electron chi connectivity index (χ4n) is 4.76. The van der Waals surface area contributed by atoms with Crippen molar-refractivity contribution in [3.63, 3.8) is 0 Å². The smallest absolute Gasteiger partial charge is 0.266 e. The predicted octanol–water partition coefficient (Wildman–Crippen LogP) is 4.52. The Morgan fingerprint density at radius 3 is 2.32 bits per heavy atom. The van der Waals surface area contributed by atoms with Crippen LogP contribution in [0.15, 0.2) is 90.0 Å². The van der Waals surface area contributed by atoms with Crippen LogP contribution in [0.2, 0.25) is 0 Å². The number of rotatable bonds is 2. The summed E-state index contributed by atoms with van der Waals surface area (Å²) in [4.78, 5) is 22.7. The number of nitriles is 3. The molecule has 0 radical (unpaired) electrons. The van der Waals surface area contributed by atoms with Crippen LogP contribution in [0.5, 0.6) is 0 Å². The van der Waals surface area contributed by atoms with Crippen LogP contribution in [0.4, 0.5) is 0 Å². The van der Waals surface area contributed by atoms with E-state index in [1.54, 1.807) is 54.9 Å². The van der Waals surface area contributed by atoms with Gasteiger partial charge in [0.05, 0.1) is 33.3 Å². The van der Waals surface area contributed by atoms with E-state index in [-0.39, 0.29) is 16.8 Å². The summed E-state index contributed by atoms with van der Waals surface area (Å²) >= 11 is 0. The fraction of sp³-hybridized carbons (Fsp3) is 0. The monoisotopic (exact) mass is 474 g/mol. The van der Waals surface area contributed by atoms with Crippen molar-refractivity contribution < 1.29 is 0 Å². The third-order valence-corrected chi connectivity index (χ3v) is 6.43. The van der Waals surface area contributed by atoms with E-state index < -0.39 is 0 Å². The minimum absolute atomic E-state index is 0.0962. The molecule has 0 N–H and O–H groups in total. The first-order valence-electron chi connectivity index (χ1n) is 11.3. The van der Waals surface area contributed by atoms with Gasteiger partial charge < -0.3 is 0 Å². The van der Waals surface area contributed by atoms with Crippen molar-refractivity contribution in [3.8, 4) is 40.5 Å². The zero-order valence-electron chi connectivity index (χ0n) is 19.2. The zero-order valence-corrected chi connectivity index (χ0v) is 19.2. The average molecular weight is 474 g/mol. The zero-order chi connectivity index (χ0) is 25.5. The molecular weight excluding hydrogens is 460 g/mol. The van der Waals surface area contributed by atoms with Crippen molar-refractivity contribution in [2.45, 2.75) is 0 Å². The SMILES string of the molecule is N#CC(C#N)=c1c2ccccc2n2c(=O)c3cc(-c4ccc(C#N)cc4-c4ccncc4)ccc3nc12. The maximum atomic E-state index is 13.8. The van der Waals surface area contributed by atoms with Crippen LogP contribution < -0.4 is 10.8 Å². The van der Waals surface area contributed by atoms with Gasteiger partial charge in [0, 0.05) is 17.8 Å². The third-order valence-electron chi connectivity index (χ3n) is 6.43. The Balaban J connectivity index is 1.70. The number of hydrogen-bond donors (Lipinski definition) is 0. The Morgan fingerprint density at radius 2 is 1.57 bits per heavy atom. The molecule has 37 heavy (non-hydrogen) atoms. The lowest BCUT2D eigenvalue weighted by Gasteiger charge is -2.11. The first-order valence-corrected chi connectivity index (χ1v) is 11.3. The lowest BCUT2D eigenvalue weighted by atomic mass is 9.93. The molecule has 7 nitrogen and oxygen atoms in total. The highest BCUT2D eigenvalue weighted by atomic mass is 16.1. The maximum absolute atomic E-state index is 13.8. The van der Waals surface area contributed by atoms with E-state index in [1.807, 2.05) is 42.5 Å². The van der Waals surface area contributed by atoms with Gasteiger partial charge in [-0.1, -0.05) is 30.3 Å². The summed E-state index contributed by atoms with van der Waals surface area (Å²) < 4.78 is 1.47. The van der Waals surface area contributed by atoms with Gasteiger partial charge in [0.1, 0.15) is 17.7 Å². The molecule has 0 spiro atoms. The summed E-state index contributed by atoms with van der Waals surface area (Å²) in [6.07, 6.45) is 3.38. The van der Waals surface area contributed by atoms with Crippen molar-refractivity contribution in [2.75, 3.05) is 0 Å². The average Bonchev–Trinajstić information content (AvgIpc) is 3.28. The van der Waals surface area contributed by atoms with Crippen molar-refractivity contribution >= 4 is 33.0 Å². The van der Waals surface area contributed by atoms with Gasteiger partial charge in [-0.05, 0) is 64.7 Å². The largest absolute Gasteiger partial charge is 0.268 e. The number of aromatic nitrogens is 3. The van der Waals surface area contributed by atoms with Crippen molar-refractivity contribution in [1.29, 1.82) is 15.8 Å². The molecule has 170 valence electrons. The fourth-order valence-corrected chi connectivity index (χ4v) is 4.76. The van der Waals surface area contributed by atoms with Crippen LogP contribution in [0.1, 0.15) is 5.56 Å². The van der Waals surface area contributed by atoms with E-state index >= 15 is 0 Å². The molecule has 0 saturated heterocycles. The number of hydrogen-bond acceptors (Lipinski definition) is 6. The molecule has 6 rings (SSSR count). The first-order chi connectivity index (χ1) is 18.1. The van der Waals surface area contributed by atoms with Gasteiger partial charge in [-0.25, -0.2) is 4.98 Å². The van der Waals surface area contributed by atoms with E-state index in [0.29, 0.717) is 32.6 Å². The molecule has 0 unspecified atom stereocenters. The number of fused-ring (bicyclic) bond motifs is 4. The highest BCUT2D eigenvalue weighted by Crippen LogP contribution is 2.34. The topological polar surface area (TPSA) is 119 Å². The standard InChI is InChI=1S/C30H14N6O/c31-15-18-5-7-22(24(13-18)19-9-11-34-12-10-19)20-6-8-26-25(14-20)30(37)36-27-4-2-1-3-23(27)28(29(36)35-26)21(16-32)17-33/h1-14H. The Kier molecular flexibility index (Phi) is 4.94. The molecule has 0 atom stereocenters. The Bertz CT molecular complexity index is 2130. The molecule has 0 amide bonds. The summed E-state index contributed by atoms with van der Waals surface area (Å²) in [7, 11) is 0. The minimum Gasteiger partial charge on any atom is -0.268 e. The maximum Gasteiger partial charge on any atom is 0.266 e. The molecule has 3 aromatic heterocycles. The summed E-state index contributed by atoms with van der Waals surface area (Å²) in [5, 5.41) is 30.0. The highest BCUT2D eigenvalue weighted by Gasteiger charge is 2.17. The van der Waals surface area contributed by atoms with Gasteiger partial charge in [0.25, 0.3) is 5.56 Å². The molecule has 3 aromatic carbocycles. The second-order valence-electron chi connectivity index (χ2n) is 8.41. The van der Waals surface area contributed by atoms with Crippen LogP contribution in [0.3, 0.4) is 0 Å². The molecule has 7 heteroatoms. The summed E-state index contributed by atoms with van der Waals surface area (Å²) in [5.74, 6) is 0. The lowest BCUT2D eigenvalue weighted by molar-refractivity contribution is 1.14. The molecule has 0 aliphatic rings. The highest BCUT2D eigenvalue weighted by molar-refractivity contribution is 5.96. The van der Waals surface area contributed by atoms with E-state index in [1.165, 1.54) is 4.40 Å². The molecule has 0 saturated carbocycles. The number of para-hydroxylation sites is 1. The number of benzene rings is 3. The van der Waals surface area contributed by atoms with Gasteiger partial charge in [-0.15, -0.1) is 0 Å². The molecule has 0 bridgehead atoms. The Labute approximate surface area is 210 Å². The molecular formula is C30H14N6O. The van der Waals surface area contributed by atoms with Crippen molar-refractivity contribution in [1.82, 2.24) is 14.4 Å². The van der Waals surface area contributed by atoms with Crippen LogP contribution in [-0.4, -0.2) is 14.4 Å². The second-order valence-corrected chi connectivity index (χ2v) is 8.41. The Morgan fingerprint density at radius 1 is 0.784 bits per heavy atom. The molecule has 0 aliphatic carbocycles. The number of nitrogens with zero attached hydrogens (tertiary/aromatic N) is 6. The van der Waals surface area contributed by atoms with Crippen LogP contribution >= 0.6 is 0 Å². The van der Waals surface area contributed by atoms with Crippen molar-refractivity contribution in [2.24, 2.45) is 0 Å². The van der Waals surface area contributed by atoms with E-state index in [2.05, 4.69) is 11.1 Å². The third kappa shape index (κ3) is 3.30. The molecule has 3 heterocycles. The normalized spacial score (nSPS) is 10.7. The minimum atomic E-state index is -0.293. The van der Waals surface area contributed by atoms with E-state index in [0.717, 1.165) is 22.3 Å². The quantitative estimate of drug-likeness (QED) is 0.364. The summed E-state index contributed by atoms with van der Waals surface area (Å²) in [6.45, 7) is 0. The molecule has 0 fully saturated rings. The lowest BCUT2D eigenvalue weighted by Crippen LogP contribution is -2.17. The summed E-state index contributed by atoms with van der Waals surface area (Å²) in [6, 6.07) is 27.8. The van der Waals surface area contributed by atoms with Gasteiger partial charge >= 0.3 is 0 Å². The second kappa shape index (κ2) is 8.43. The number of pyridine rings is 1. The van der Waals surface area contributed by atoms with Gasteiger partial charge in [0.15, 0.2) is 5.65 Å².